The molecular formula is C13H23NO3. The maximum absolute atomic E-state index is 12.1. The van der Waals surface area contributed by atoms with Gasteiger partial charge in [-0.25, -0.2) is 4.79 Å². The summed E-state index contributed by atoms with van der Waals surface area (Å²) in [6, 6.07) is 0. The summed E-state index contributed by atoms with van der Waals surface area (Å²) in [5.74, 6) is 0.0445. The standard InChI is InChI=1S/C13H23NO3/c1-6-10-11(9(4)5)14-17-13(10,7-2)12(15)16-8-3/h9-10H,6-8H2,1-5H3. The molecule has 0 saturated carbocycles. The van der Waals surface area contributed by atoms with Crippen molar-refractivity contribution in [3.63, 3.8) is 0 Å². The fourth-order valence-corrected chi connectivity index (χ4v) is 2.43. The molecule has 1 heterocycles. The molecule has 2 unspecified atom stereocenters. The first-order chi connectivity index (χ1) is 8.03. The van der Waals surface area contributed by atoms with Gasteiger partial charge < -0.3 is 9.57 Å². The van der Waals surface area contributed by atoms with E-state index >= 15 is 0 Å². The zero-order valence-corrected chi connectivity index (χ0v) is 11.4. The van der Waals surface area contributed by atoms with Gasteiger partial charge in [-0.2, -0.15) is 0 Å². The van der Waals surface area contributed by atoms with Crippen LogP contribution < -0.4 is 0 Å². The highest BCUT2D eigenvalue weighted by molar-refractivity contribution is 5.96. The second kappa shape index (κ2) is 5.52. The second-order valence-corrected chi connectivity index (χ2v) is 4.69. The number of esters is 1. The second-order valence-electron chi connectivity index (χ2n) is 4.69. The van der Waals surface area contributed by atoms with Crippen LogP contribution in [0.25, 0.3) is 0 Å². The van der Waals surface area contributed by atoms with Crippen molar-refractivity contribution >= 4 is 11.7 Å². The van der Waals surface area contributed by atoms with Gasteiger partial charge in [0.2, 0.25) is 5.60 Å². The highest BCUT2D eigenvalue weighted by atomic mass is 16.7. The first-order valence-corrected chi connectivity index (χ1v) is 6.46. The number of nitrogens with zero attached hydrogens (tertiary/aromatic N) is 1. The molecule has 0 bridgehead atoms. The van der Waals surface area contributed by atoms with Crippen molar-refractivity contribution in [3.05, 3.63) is 0 Å². The minimum absolute atomic E-state index is 0.0338. The van der Waals surface area contributed by atoms with Gasteiger partial charge in [-0.05, 0) is 25.7 Å². The molecule has 0 fully saturated rings. The van der Waals surface area contributed by atoms with E-state index in [4.69, 9.17) is 9.57 Å². The Kier molecular flexibility index (Phi) is 4.54. The molecule has 0 radical (unpaired) electrons. The number of rotatable bonds is 5. The third kappa shape index (κ3) is 2.31. The van der Waals surface area contributed by atoms with Crippen LogP contribution in [0.1, 0.15) is 47.5 Å². The Morgan fingerprint density at radius 2 is 2.12 bits per heavy atom. The topological polar surface area (TPSA) is 47.9 Å². The Bertz CT molecular complexity index is 312. The van der Waals surface area contributed by atoms with Gasteiger partial charge in [0.15, 0.2) is 0 Å². The molecule has 17 heavy (non-hydrogen) atoms. The molecule has 0 aromatic heterocycles. The van der Waals surface area contributed by atoms with Crippen LogP contribution in [-0.2, 0) is 14.4 Å². The van der Waals surface area contributed by atoms with Gasteiger partial charge >= 0.3 is 5.97 Å². The van der Waals surface area contributed by atoms with Crippen LogP contribution in [0.4, 0.5) is 0 Å². The Labute approximate surface area is 103 Å². The van der Waals surface area contributed by atoms with E-state index in [0.29, 0.717) is 18.9 Å². The fraction of sp³-hybridized carbons (Fsp3) is 0.846. The lowest BCUT2D eigenvalue weighted by molar-refractivity contribution is -0.174. The molecule has 0 aromatic rings. The Hall–Kier alpha value is -1.06. The van der Waals surface area contributed by atoms with Crippen LogP contribution in [0.3, 0.4) is 0 Å². The van der Waals surface area contributed by atoms with Crippen LogP contribution in [0.15, 0.2) is 5.16 Å². The molecule has 0 aromatic carbocycles. The summed E-state index contributed by atoms with van der Waals surface area (Å²) >= 11 is 0. The summed E-state index contributed by atoms with van der Waals surface area (Å²) < 4.78 is 5.14. The predicted octanol–water partition coefficient (Wildman–Crippen LogP) is 2.77. The molecule has 0 amide bonds. The molecule has 1 aliphatic rings. The zero-order valence-electron chi connectivity index (χ0n) is 11.4. The van der Waals surface area contributed by atoms with E-state index in [-0.39, 0.29) is 11.9 Å². The van der Waals surface area contributed by atoms with Crippen LogP contribution in [0, 0.1) is 11.8 Å². The van der Waals surface area contributed by atoms with Gasteiger partial charge in [-0.15, -0.1) is 0 Å². The maximum atomic E-state index is 12.1. The summed E-state index contributed by atoms with van der Waals surface area (Å²) in [7, 11) is 0. The molecule has 1 aliphatic heterocycles. The average Bonchev–Trinajstić information content (AvgIpc) is 2.68. The number of carbonyl (C=O) groups is 1. The van der Waals surface area contributed by atoms with Crippen molar-refractivity contribution in [2.24, 2.45) is 17.0 Å². The smallest absolute Gasteiger partial charge is 0.354 e. The molecule has 0 N–H and O–H groups in total. The maximum Gasteiger partial charge on any atom is 0.354 e. The Morgan fingerprint density at radius 1 is 1.47 bits per heavy atom. The summed E-state index contributed by atoms with van der Waals surface area (Å²) in [6.45, 7) is 10.3. The summed E-state index contributed by atoms with van der Waals surface area (Å²) in [5.41, 5.74) is 0.0760. The number of carbonyl (C=O) groups excluding carboxylic acids is 1. The van der Waals surface area contributed by atoms with E-state index in [1.54, 1.807) is 6.92 Å². The monoisotopic (exact) mass is 241 g/mol. The molecule has 0 spiro atoms. The first-order valence-electron chi connectivity index (χ1n) is 6.46. The third-order valence-corrected chi connectivity index (χ3v) is 3.38. The molecule has 4 nitrogen and oxygen atoms in total. The fourth-order valence-electron chi connectivity index (χ4n) is 2.43. The van der Waals surface area contributed by atoms with Gasteiger partial charge in [0.05, 0.1) is 18.2 Å². The zero-order chi connectivity index (χ0) is 13.1. The van der Waals surface area contributed by atoms with Crippen molar-refractivity contribution in [2.75, 3.05) is 6.61 Å². The number of hydrogen-bond acceptors (Lipinski definition) is 4. The lowest BCUT2D eigenvalue weighted by atomic mass is 9.77. The minimum Gasteiger partial charge on any atom is -0.463 e. The van der Waals surface area contributed by atoms with E-state index in [0.717, 1.165) is 12.1 Å². The van der Waals surface area contributed by atoms with Crippen LogP contribution in [-0.4, -0.2) is 23.9 Å². The van der Waals surface area contributed by atoms with Gasteiger partial charge in [0.1, 0.15) is 0 Å². The molecule has 1 rings (SSSR count). The summed E-state index contributed by atoms with van der Waals surface area (Å²) in [6.07, 6.45) is 1.42. The Morgan fingerprint density at radius 3 is 2.53 bits per heavy atom. The molecular weight excluding hydrogens is 218 g/mol. The van der Waals surface area contributed by atoms with E-state index in [2.05, 4.69) is 25.9 Å². The van der Waals surface area contributed by atoms with Crippen molar-refractivity contribution in [1.29, 1.82) is 0 Å². The number of ether oxygens (including phenoxy) is 1. The lowest BCUT2D eigenvalue weighted by Crippen LogP contribution is -2.47. The largest absolute Gasteiger partial charge is 0.463 e. The van der Waals surface area contributed by atoms with Crippen molar-refractivity contribution < 1.29 is 14.4 Å². The van der Waals surface area contributed by atoms with Gasteiger partial charge in [-0.3, -0.25) is 0 Å². The molecule has 98 valence electrons. The van der Waals surface area contributed by atoms with Crippen molar-refractivity contribution in [1.82, 2.24) is 0 Å². The molecule has 2 atom stereocenters. The van der Waals surface area contributed by atoms with Gasteiger partial charge in [0.25, 0.3) is 0 Å². The first kappa shape index (κ1) is 14.0. The summed E-state index contributed by atoms with van der Waals surface area (Å²) in [4.78, 5) is 17.6. The molecule has 0 aliphatic carbocycles. The SMILES string of the molecule is CCOC(=O)C1(CC)ON=C(C(C)C)C1CC. The van der Waals surface area contributed by atoms with Crippen LogP contribution >= 0.6 is 0 Å². The van der Waals surface area contributed by atoms with Gasteiger partial charge in [-0.1, -0.05) is 32.9 Å². The molecule has 0 saturated heterocycles. The van der Waals surface area contributed by atoms with Crippen molar-refractivity contribution in [3.8, 4) is 0 Å². The molecule has 4 heteroatoms. The number of oxime groups is 1. The van der Waals surface area contributed by atoms with E-state index < -0.39 is 5.60 Å². The predicted molar refractivity (Wildman–Crippen MR) is 66.8 cm³/mol. The highest BCUT2D eigenvalue weighted by Crippen LogP contribution is 2.38. The number of hydrogen-bond donors (Lipinski definition) is 0. The quantitative estimate of drug-likeness (QED) is 0.695. The normalized spacial score (nSPS) is 27.9. The Balaban J connectivity index is 2.99. The van der Waals surface area contributed by atoms with Crippen molar-refractivity contribution in [2.45, 2.75) is 53.1 Å². The van der Waals surface area contributed by atoms with Gasteiger partial charge in [0, 0.05) is 0 Å². The highest BCUT2D eigenvalue weighted by Gasteiger charge is 2.54. The summed E-state index contributed by atoms with van der Waals surface area (Å²) in [5, 5.41) is 4.13. The minimum atomic E-state index is -0.898. The van der Waals surface area contributed by atoms with E-state index in [1.165, 1.54) is 0 Å². The van der Waals surface area contributed by atoms with Crippen LogP contribution in [0.2, 0.25) is 0 Å². The van der Waals surface area contributed by atoms with E-state index in [9.17, 15) is 4.79 Å². The van der Waals surface area contributed by atoms with E-state index in [1.807, 2.05) is 6.92 Å². The lowest BCUT2D eigenvalue weighted by Gasteiger charge is -2.29. The van der Waals surface area contributed by atoms with Crippen LogP contribution in [0.5, 0.6) is 0 Å². The third-order valence-electron chi connectivity index (χ3n) is 3.38. The average molecular weight is 241 g/mol.